The molecule has 0 saturated carbocycles. The van der Waals surface area contributed by atoms with Crippen molar-refractivity contribution in [1.29, 1.82) is 0 Å². The number of hydrogen-bond donors (Lipinski definition) is 2. The second-order valence-electron chi connectivity index (χ2n) is 4.50. The van der Waals surface area contributed by atoms with Crippen molar-refractivity contribution in [3.63, 3.8) is 0 Å². The predicted molar refractivity (Wildman–Crippen MR) is 53.4 cm³/mol. The first-order valence-electron chi connectivity index (χ1n) is 4.79. The third kappa shape index (κ3) is 6.58. The van der Waals surface area contributed by atoms with E-state index in [1.54, 1.807) is 0 Å². The van der Waals surface area contributed by atoms with E-state index in [4.69, 9.17) is 5.11 Å². The molecule has 0 rings (SSSR count). The van der Waals surface area contributed by atoms with E-state index in [1.807, 2.05) is 27.7 Å². The van der Waals surface area contributed by atoms with Gasteiger partial charge in [-0.25, -0.2) is 0 Å². The molecule has 0 unspecified atom stereocenters. The average Bonchev–Trinajstić information content (AvgIpc) is 1.81. The van der Waals surface area contributed by atoms with Crippen molar-refractivity contribution in [3.8, 4) is 0 Å². The zero-order chi connectivity index (χ0) is 10.5. The van der Waals surface area contributed by atoms with E-state index in [9.17, 15) is 4.79 Å². The van der Waals surface area contributed by atoms with Crippen LogP contribution in [0.15, 0.2) is 0 Å². The van der Waals surface area contributed by atoms with Crippen LogP contribution < -0.4 is 5.32 Å². The zero-order valence-electron chi connectivity index (χ0n) is 9.05. The van der Waals surface area contributed by atoms with Gasteiger partial charge in [-0.05, 0) is 26.2 Å². The van der Waals surface area contributed by atoms with Crippen LogP contribution in [-0.2, 0) is 4.79 Å². The van der Waals surface area contributed by atoms with Crippen molar-refractivity contribution in [1.82, 2.24) is 5.32 Å². The number of nitrogens with one attached hydrogen (secondary N) is 1. The largest absolute Gasteiger partial charge is 0.396 e. The van der Waals surface area contributed by atoms with Crippen LogP contribution in [0.3, 0.4) is 0 Å². The van der Waals surface area contributed by atoms with Gasteiger partial charge in [0.1, 0.15) is 0 Å². The Morgan fingerprint density at radius 3 is 2.38 bits per heavy atom. The minimum absolute atomic E-state index is 0.0634. The molecule has 0 aromatic heterocycles. The topological polar surface area (TPSA) is 49.3 Å². The third-order valence-corrected chi connectivity index (χ3v) is 1.81. The Morgan fingerprint density at radius 2 is 2.00 bits per heavy atom. The summed E-state index contributed by atoms with van der Waals surface area (Å²) in [6.45, 7) is 7.97. The Bertz CT molecular complexity index is 164. The van der Waals surface area contributed by atoms with Gasteiger partial charge in [0.15, 0.2) is 0 Å². The fourth-order valence-corrected chi connectivity index (χ4v) is 1.14. The van der Waals surface area contributed by atoms with Crippen LogP contribution in [0.5, 0.6) is 0 Å². The molecule has 2 N–H and O–H groups in total. The van der Waals surface area contributed by atoms with Crippen LogP contribution in [0, 0.1) is 5.92 Å². The summed E-state index contributed by atoms with van der Waals surface area (Å²) in [7, 11) is 0. The molecule has 0 aromatic rings. The van der Waals surface area contributed by atoms with Crippen molar-refractivity contribution in [2.24, 2.45) is 5.92 Å². The van der Waals surface area contributed by atoms with E-state index in [-0.39, 0.29) is 18.1 Å². The lowest BCUT2D eigenvalue weighted by atomic mass is 10.0. The minimum atomic E-state index is -0.291. The molecule has 0 aliphatic rings. The molecule has 0 spiro atoms. The zero-order valence-corrected chi connectivity index (χ0v) is 9.05. The van der Waals surface area contributed by atoms with Crippen molar-refractivity contribution >= 4 is 5.91 Å². The van der Waals surface area contributed by atoms with Gasteiger partial charge in [-0.15, -0.1) is 0 Å². The molecule has 0 aliphatic carbocycles. The maximum atomic E-state index is 11.4. The van der Waals surface area contributed by atoms with Crippen molar-refractivity contribution in [2.45, 2.75) is 46.1 Å². The number of amides is 1. The Balaban J connectivity index is 3.89. The molecule has 3 nitrogen and oxygen atoms in total. The maximum Gasteiger partial charge on any atom is 0.220 e. The van der Waals surface area contributed by atoms with Crippen LogP contribution in [-0.4, -0.2) is 23.2 Å². The van der Waals surface area contributed by atoms with Gasteiger partial charge in [0.05, 0.1) is 0 Å². The highest BCUT2D eigenvalue weighted by molar-refractivity contribution is 5.76. The molecule has 0 fully saturated rings. The molecule has 78 valence electrons. The molecule has 0 bridgehead atoms. The summed E-state index contributed by atoms with van der Waals surface area (Å²) in [5.74, 6) is 0.443. The van der Waals surface area contributed by atoms with E-state index in [1.165, 1.54) is 0 Å². The van der Waals surface area contributed by atoms with E-state index in [0.29, 0.717) is 18.8 Å². The van der Waals surface area contributed by atoms with Crippen LogP contribution in [0.25, 0.3) is 0 Å². The lowest BCUT2D eigenvalue weighted by Gasteiger charge is -2.25. The van der Waals surface area contributed by atoms with Crippen molar-refractivity contribution in [2.75, 3.05) is 6.61 Å². The first-order valence-corrected chi connectivity index (χ1v) is 4.79. The highest BCUT2D eigenvalue weighted by Gasteiger charge is 2.19. The molecule has 0 aliphatic heterocycles. The van der Waals surface area contributed by atoms with Crippen molar-refractivity contribution in [3.05, 3.63) is 0 Å². The Labute approximate surface area is 80.5 Å². The van der Waals surface area contributed by atoms with Crippen LogP contribution in [0.2, 0.25) is 0 Å². The highest BCUT2D eigenvalue weighted by atomic mass is 16.3. The Kier molecular flexibility index (Phi) is 4.99. The lowest BCUT2D eigenvalue weighted by Crippen LogP contribution is -2.44. The molecular formula is C10H21NO2. The summed E-state index contributed by atoms with van der Waals surface area (Å²) in [6.07, 6.45) is 1.14. The molecule has 3 heteroatoms. The van der Waals surface area contributed by atoms with Gasteiger partial charge in [-0.3, -0.25) is 4.79 Å². The number of carbonyl (C=O) groups excluding carboxylic acids is 1. The van der Waals surface area contributed by atoms with Gasteiger partial charge in [0.2, 0.25) is 5.91 Å². The van der Waals surface area contributed by atoms with Crippen LogP contribution in [0.4, 0.5) is 0 Å². The molecule has 0 atom stereocenters. The van der Waals surface area contributed by atoms with E-state index >= 15 is 0 Å². The maximum absolute atomic E-state index is 11.4. The smallest absolute Gasteiger partial charge is 0.220 e. The minimum Gasteiger partial charge on any atom is -0.396 e. The van der Waals surface area contributed by atoms with E-state index in [0.717, 1.165) is 0 Å². The molecular weight excluding hydrogens is 166 g/mol. The molecule has 0 aromatic carbocycles. The Hall–Kier alpha value is -0.570. The lowest BCUT2D eigenvalue weighted by molar-refractivity contribution is -0.123. The number of aliphatic hydroxyl groups is 1. The fourth-order valence-electron chi connectivity index (χ4n) is 1.14. The number of aliphatic hydroxyl groups excluding tert-OH is 1. The molecule has 1 amide bonds. The van der Waals surface area contributed by atoms with Gasteiger partial charge in [0.25, 0.3) is 0 Å². The third-order valence-electron chi connectivity index (χ3n) is 1.81. The molecule has 0 heterocycles. The van der Waals surface area contributed by atoms with Gasteiger partial charge in [-0.1, -0.05) is 13.8 Å². The van der Waals surface area contributed by atoms with Crippen LogP contribution >= 0.6 is 0 Å². The van der Waals surface area contributed by atoms with Gasteiger partial charge < -0.3 is 10.4 Å². The average molecular weight is 187 g/mol. The summed E-state index contributed by atoms with van der Waals surface area (Å²) < 4.78 is 0. The second kappa shape index (κ2) is 5.22. The first kappa shape index (κ1) is 12.4. The molecule has 0 saturated heterocycles. The number of rotatable bonds is 5. The van der Waals surface area contributed by atoms with E-state index in [2.05, 4.69) is 5.32 Å². The normalized spacial score (nSPS) is 11.8. The molecule has 0 radical (unpaired) electrons. The summed E-state index contributed by atoms with van der Waals surface area (Å²) >= 11 is 0. The number of hydrogen-bond acceptors (Lipinski definition) is 2. The van der Waals surface area contributed by atoms with Crippen LogP contribution in [0.1, 0.15) is 40.5 Å². The van der Waals surface area contributed by atoms with Gasteiger partial charge >= 0.3 is 0 Å². The predicted octanol–water partition coefficient (Wildman–Crippen LogP) is 1.31. The number of carbonyl (C=O) groups is 1. The SMILES string of the molecule is CC(C)CC(=O)NC(C)(C)CCO. The quantitative estimate of drug-likeness (QED) is 0.681. The van der Waals surface area contributed by atoms with Gasteiger partial charge in [-0.2, -0.15) is 0 Å². The van der Waals surface area contributed by atoms with Crippen molar-refractivity contribution < 1.29 is 9.90 Å². The van der Waals surface area contributed by atoms with E-state index < -0.39 is 0 Å². The summed E-state index contributed by atoms with van der Waals surface area (Å²) in [4.78, 5) is 11.4. The second-order valence-corrected chi connectivity index (χ2v) is 4.50. The van der Waals surface area contributed by atoms with Gasteiger partial charge in [0, 0.05) is 18.6 Å². The Morgan fingerprint density at radius 1 is 1.46 bits per heavy atom. The summed E-state index contributed by atoms with van der Waals surface area (Å²) in [6, 6.07) is 0. The highest BCUT2D eigenvalue weighted by Crippen LogP contribution is 2.08. The summed E-state index contributed by atoms with van der Waals surface area (Å²) in [5, 5.41) is 11.6. The molecule has 13 heavy (non-hydrogen) atoms. The standard InChI is InChI=1S/C10H21NO2/c1-8(2)7-9(13)11-10(3,4)5-6-12/h8,12H,5-7H2,1-4H3,(H,11,13). The fraction of sp³-hybridized carbons (Fsp3) is 0.900. The summed E-state index contributed by atoms with van der Waals surface area (Å²) in [5.41, 5.74) is -0.291. The monoisotopic (exact) mass is 187 g/mol. The first-order chi connectivity index (χ1) is 5.87.